The van der Waals surface area contributed by atoms with E-state index in [1.165, 1.54) is 14.2 Å². The number of hydrogen-bond donors (Lipinski definition) is 2. The predicted octanol–water partition coefficient (Wildman–Crippen LogP) is 6.81. The molecule has 2 aliphatic carbocycles. The number of aromatic hydroxyl groups is 1. The van der Waals surface area contributed by atoms with Crippen LogP contribution in [0, 0.1) is 30.6 Å². The van der Waals surface area contributed by atoms with Crippen molar-refractivity contribution in [3.05, 3.63) is 124 Å². The van der Waals surface area contributed by atoms with Crippen molar-refractivity contribution in [3.8, 4) is 11.5 Å². The maximum Gasteiger partial charge on any atom is 0.433 e. The number of amides is 4. The van der Waals surface area contributed by atoms with Gasteiger partial charge in [0.15, 0.2) is 17.3 Å². The Bertz CT molecular complexity index is 2320. The van der Waals surface area contributed by atoms with Crippen LogP contribution in [-0.4, -0.2) is 57.9 Å². The Kier molecular flexibility index (Phi) is 8.87. The van der Waals surface area contributed by atoms with E-state index in [9.17, 15) is 32.7 Å². The van der Waals surface area contributed by atoms with Crippen molar-refractivity contribution in [3.63, 3.8) is 0 Å². The summed E-state index contributed by atoms with van der Waals surface area (Å²) in [5, 5.41) is 14.3. The number of halogens is 4. The minimum atomic E-state index is -4.83. The van der Waals surface area contributed by atoms with Gasteiger partial charge in [-0.1, -0.05) is 83.4 Å². The lowest BCUT2D eigenvalue weighted by molar-refractivity contribution is -0.142. The number of allylic oxidation sites excluding steroid dienone is 2. The molecule has 11 nitrogen and oxygen atoms in total. The van der Waals surface area contributed by atoms with Gasteiger partial charge in [0, 0.05) is 18.5 Å². The zero-order valence-corrected chi connectivity index (χ0v) is 31.0. The van der Waals surface area contributed by atoms with E-state index in [4.69, 9.17) is 16.3 Å². The third-order valence-electron chi connectivity index (χ3n) is 11.7. The second kappa shape index (κ2) is 13.4. The summed E-state index contributed by atoms with van der Waals surface area (Å²) < 4.78 is 46.6. The number of hydrazine groups is 2. The molecule has 1 aromatic heterocycles. The zero-order valence-electron chi connectivity index (χ0n) is 30.3. The molecule has 0 radical (unpaired) electrons. The molecule has 2 N–H and O–H groups in total. The Balaban J connectivity index is 1.29. The smallest absolute Gasteiger partial charge is 0.433 e. The van der Waals surface area contributed by atoms with Crippen LogP contribution in [0.15, 0.2) is 96.6 Å². The second-order valence-corrected chi connectivity index (χ2v) is 14.9. The van der Waals surface area contributed by atoms with Gasteiger partial charge in [0.2, 0.25) is 0 Å². The number of phenols is 1. The van der Waals surface area contributed by atoms with E-state index in [0.29, 0.717) is 22.9 Å². The first-order valence-corrected chi connectivity index (χ1v) is 18.3. The molecule has 2 aliphatic heterocycles. The minimum Gasteiger partial charge on any atom is -0.504 e. The summed E-state index contributed by atoms with van der Waals surface area (Å²) in [5.41, 5.74) is 2.90. The van der Waals surface area contributed by atoms with E-state index in [-0.39, 0.29) is 34.9 Å². The Labute approximate surface area is 324 Å². The van der Waals surface area contributed by atoms with Gasteiger partial charge in [-0.3, -0.25) is 29.6 Å². The Morgan fingerprint density at radius 1 is 0.929 bits per heavy atom. The van der Waals surface area contributed by atoms with Crippen molar-refractivity contribution in [2.45, 2.75) is 37.3 Å². The summed E-state index contributed by atoms with van der Waals surface area (Å²) in [7, 11) is 2.63. The van der Waals surface area contributed by atoms with Crippen molar-refractivity contribution in [2.24, 2.45) is 23.7 Å². The van der Waals surface area contributed by atoms with Gasteiger partial charge < -0.3 is 9.84 Å². The first-order chi connectivity index (χ1) is 26.7. The molecule has 56 heavy (non-hydrogen) atoms. The lowest BCUT2D eigenvalue weighted by Crippen LogP contribution is -2.53. The van der Waals surface area contributed by atoms with E-state index < -0.39 is 76.3 Å². The molecule has 15 heteroatoms. The van der Waals surface area contributed by atoms with Crippen LogP contribution in [-0.2, 0) is 30.8 Å². The van der Waals surface area contributed by atoms with Gasteiger partial charge in [-0.15, -0.1) is 0 Å². The van der Waals surface area contributed by atoms with Crippen LogP contribution in [0.1, 0.15) is 41.1 Å². The van der Waals surface area contributed by atoms with Crippen LogP contribution in [0.2, 0.25) is 5.02 Å². The topological polar surface area (TPSA) is 132 Å². The van der Waals surface area contributed by atoms with Crippen molar-refractivity contribution >= 4 is 46.7 Å². The fourth-order valence-corrected chi connectivity index (χ4v) is 9.45. The number of pyridine rings is 1. The number of phenolic OH excluding ortho intramolecular Hbond substituents is 1. The second-order valence-electron chi connectivity index (χ2n) is 14.5. The maximum atomic E-state index is 15.3. The summed E-state index contributed by atoms with van der Waals surface area (Å²) >= 11 is 6.30. The monoisotopic (exact) mass is 785 g/mol. The molecule has 8 rings (SSSR count). The largest absolute Gasteiger partial charge is 0.504 e. The van der Waals surface area contributed by atoms with Gasteiger partial charge in [0.1, 0.15) is 5.69 Å². The summed E-state index contributed by atoms with van der Waals surface area (Å²) in [6.07, 6.45) is -3.04. The van der Waals surface area contributed by atoms with Gasteiger partial charge in [-0.2, -0.15) is 23.2 Å². The number of hydrogen-bond acceptors (Lipinski definition) is 9. The highest BCUT2D eigenvalue weighted by Crippen LogP contribution is 2.65. The highest BCUT2D eigenvalue weighted by molar-refractivity contribution is 6.33. The average Bonchev–Trinajstić information content (AvgIpc) is 3.56. The molecule has 0 bridgehead atoms. The number of methoxy groups -OCH3 is 1. The number of anilines is 2. The summed E-state index contributed by atoms with van der Waals surface area (Å²) in [6.45, 7) is 1.90. The summed E-state index contributed by atoms with van der Waals surface area (Å²) in [6, 6.07) is 22.5. The number of carbonyl (C=O) groups is 4. The fraction of sp³-hybridized carbons (Fsp3) is 0.293. The lowest BCUT2D eigenvalue weighted by atomic mass is 9.49. The first-order valence-electron chi connectivity index (χ1n) is 17.9. The van der Waals surface area contributed by atoms with Crippen LogP contribution in [0.3, 0.4) is 0 Å². The van der Waals surface area contributed by atoms with Crippen LogP contribution < -0.4 is 15.2 Å². The normalized spacial score (nSPS) is 25.8. The molecule has 3 heterocycles. The van der Waals surface area contributed by atoms with Crippen molar-refractivity contribution in [1.82, 2.24) is 15.0 Å². The van der Waals surface area contributed by atoms with Gasteiger partial charge in [0.25, 0.3) is 23.6 Å². The molecule has 2 saturated heterocycles. The van der Waals surface area contributed by atoms with Crippen molar-refractivity contribution < 1.29 is 42.2 Å². The number of para-hydroxylation sites is 1. The molecule has 288 valence electrons. The van der Waals surface area contributed by atoms with E-state index in [1.807, 2.05) is 19.1 Å². The molecule has 6 unspecified atom stereocenters. The van der Waals surface area contributed by atoms with Crippen LogP contribution in [0.4, 0.5) is 24.7 Å². The average molecular weight is 786 g/mol. The number of aromatic nitrogens is 1. The number of nitrogens with zero attached hydrogens (tertiary/aromatic N) is 4. The number of carbonyl (C=O) groups excluding carboxylic acids is 4. The number of aryl methyl sites for hydroxylation is 1. The number of rotatable bonds is 7. The summed E-state index contributed by atoms with van der Waals surface area (Å²) in [5.74, 6) is -8.14. The molecule has 1 saturated carbocycles. The SMILES string of the molecule is COc1cccc(C2C3=CCC4C(=O)N(N(C)c5nc(C(F)(F)F)ccc5Cl)C(=O)C4C3CC3C(=O)N(Nc4ccc(C)cc4)C(=O)C32c2ccccc2)c1O. The van der Waals surface area contributed by atoms with E-state index in [1.54, 1.807) is 66.7 Å². The molecular formula is C41H35ClF3N5O6. The molecule has 0 spiro atoms. The summed E-state index contributed by atoms with van der Waals surface area (Å²) in [4.78, 5) is 62.6. The van der Waals surface area contributed by atoms with E-state index in [2.05, 4.69) is 10.4 Å². The van der Waals surface area contributed by atoms with Gasteiger partial charge in [0.05, 0.1) is 41.0 Å². The number of fused-ring (bicyclic) bond motifs is 4. The number of ether oxygens (including phenoxy) is 1. The Morgan fingerprint density at radius 3 is 2.32 bits per heavy atom. The highest BCUT2D eigenvalue weighted by Gasteiger charge is 2.71. The van der Waals surface area contributed by atoms with Crippen molar-refractivity contribution in [2.75, 3.05) is 24.6 Å². The third kappa shape index (κ3) is 5.44. The molecular weight excluding hydrogens is 751 g/mol. The minimum absolute atomic E-state index is 0.0272. The van der Waals surface area contributed by atoms with Crippen LogP contribution in [0.5, 0.6) is 11.5 Å². The predicted molar refractivity (Wildman–Crippen MR) is 198 cm³/mol. The van der Waals surface area contributed by atoms with E-state index >= 15 is 4.79 Å². The molecule has 6 atom stereocenters. The number of alkyl halides is 3. The third-order valence-corrected chi connectivity index (χ3v) is 12.0. The molecule has 4 aromatic rings. The number of imide groups is 2. The zero-order chi connectivity index (χ0) is 39.8. The molecule has 3 fully saturated rings. The van der Waals surface area contributed by atoms with Crippen LogP contribution in [0.25, 0.3) is 0 Å². The standard InChI is InChI=1S/C41H35ClF3N5O6/c1-21-12-14-23(15-13-21)47-49-37(53)28-20-27-24(33(26-10-7-11-30(56-3)34(26)51)40(28,39(49)55)22-8-5-4-6-9-22)16-17-25-32(27)38(54)50(36(25)52)48(2)35-29(42)18-19-31(46-35)41(43,44)45/h4-16,18-19,25,27-28,32-33,47,51H,17,20H2,1-3H3. The molecule has 4 amide bonds. The fourth-order valence-electron chi connectivity index (χ4n) is 9.22. The number of nitrogens with one attached hydrogen (secondary N) is 1. The quantitative estimate of drug-likeness (QED) is 0.153. The molecule has 4 aliphatic rings. The first kappa shape index (κ1) is 37.1. The molecule has 3 aromatic carbocycles. The van der Waals surface area contributed by atoms with Crippen LogP contribution >= 0.6 is 11.6 Å². The maximum absolute atomic E-state index is 15.3. The highest BCUT2D eigenvalue weighted by atomic mass is 35.5. The Hall–Kier alpha value is -5.89. The van der Waals surface area contributed by atoms with Gasteiger partial charge >= 0.3 is 6.18 Å². The van der Waals surface area contributed by atoms with Gasteiger partial charge in [-0.05, 0) is 61.6 Å². The van der Waals surface area contributed by atoms with Crippen molar-refractivity contribution in [1.29, 1.82) is 0 Å². The van der Waals surface area contributed by atoms with Gasteiger partial charge in [-0.25, -0.2) is 4.98 Å². The Morgan fingerprint density at radius 2 is 1.64 bits per heavy atom. The lowest BCUT2D eigenvalue weighted by Gasteiger charge is -2.50. The number of benzene rings is 3. The van der Waals surface area contributed by atoms with E-state index in [0.717, 1.165) is 26.7 Å².